The number of hydrogen-bond donors (Lipinski definition) is 2. The predicted molar refractivity (Wildman–Crippen MR) is 105 cm³/mol. The van der Waals surface area contributed by atoms with Gasteiger partial charge in [-0.05, 0) is 49.7 Å². The van der Waals surface area contributed by atoms with Crippen LogP contribution in [0, 0.1) is 0 Å². The number of likely N-dealkylation sites (N-methyl/N-ethyl adjacent to an activating group) is 1. The van der Waals surface area contributed by atoms with Crippen LogP contribution in [-0.2, 0) is 16.1 Å². The van der Waals surface area contributed by atoms with Crippen LogP contribution in [0.3, 0.4) is 0 Å². The van der Waals surface area contributed by atoms with Gasteiger partial charge in [0, 0.05) is 26.1 Å². The van der Waals surface area contributed by atoms with Crippen LogP contribution < -0.4 is 10.6 Å². The monoisotopic (exact) mass is 396 g/mol. The molecule has 8 nitrogen and oxygen atoms in total. The average molecular weight is 396 g/mol. The number of nitrogens with zero attached hydrogens (tertiary/aromatic N) is 2. The first kappa shape index (κ1) is 19.3. The highest BCUT2D eigenvalue weighted by atomic mass is 16.2. The molecule has 4 rings (SSSR count). The molecule has 4 amide bonds. The third-order valence-corrected chi connectivity index (χ3v) is 5.59. The van der Waals surface area contributed by atoms with E-state index in [0.29, 0.717) is 17.7 Å². The first-order chi connectivity index (χ1) is 14.0. The molecule has 0 aromatic heterocycles. The predicted octanol–water partition coefficient (Wildman–Crippen LogP) is 0.787. The first-order valence-electron chi connectivity index (χ1n) is 9.89. The summed E-state index contributed by atoms with van der Waals surface area (Å²) in [5, 5.41) is 5.47. The van der Waals surface area contributed by atoms with E-state index >= 15 is 0 Å². The van der Waals surface area contributed by atoms with Crippen LogP contribution >= 0.6 is 0 Å². The second kappa shape index (κ2) is 7.79. The van der Waals surface area contributed by atoms with Crippen LogP contribution in [0.2, 0.25) is 0 Å². The van der Waals surface area contributed by atoms with Crippen molar-refractivity contribution >= 4 is 23.6 Å². The number of piperidine rings is 1. The fourth-order valence-corrected chi connectivity index (χ4v) is 4.24. The van der Waals surface area contributed by atoms with Crippen molar-refractivity contribution in [2.75, 3.05) is 20.1 Å². The highest BCUT2D eigenvalue weighted by Crippen LogP contribution is 2.30. The van der Waals surface area contributed by atoms with Gasteiger partial charge in [-0.1, -0.05) is 12.1 Å². The van der Waals surface area contributed by atoms with Crippen molar-refractivity contribution in [3.05, 3.63) is 46.7 Å². The van der Waals surface area contributed by atoms with E-state index in [1.54, 1.807) is 12.1 Å². The molecule has 0 radical (unpaired) electrons. The zero-order chi connectivity index (χ0) is 20.5. The number of carbonyl (C=O) groups is 4. The number of benzene rings is 1. The standard InChI is InChI=1S/C21H24N4O4/c1-24(11-13-4-3-9-22-10-13)12-14-5-2-6-15-18(14)21(29)25(20(15)28)16-7-8-17(26)23-19(16)27/h2,5-6,10,16,22H,3-4,7-9,11-12H2,1H3,(H,23,26,27). The minimum Gasteiger partial charge on any atom is -0.391 e. The van der Waals surface area contributed by atoms with Gasteiger partial charge < -0.3 is 5.32 Å². The Morgan fingerprint density at radius 2 is 1.93 bits per heavy atom. The fourth-order valence-electron chi connectivity index (χ4n) is 4.24. The molecule has 1 unspecified atom stereocenters. The Kier molecular flexibility index (Phi) is 5.19. The van der Waals surface area contributed by atoms with Crippen LogP contribution in [0.25, 0.3) is 0 Å². The quantitative estimate of drug-likeness (QED) is 0.714. The third-order valence-electron chi connectivity index (χ3n) is 5.59. The van der Waals surface area contributed by atoms with E-state index in [2.05, 4.69) is 21.7 Å². The molecule has 1 aromatic carbocycles. The van der Waals surface area contributed by atoms with Crippen molar-refractivity contribution in [1.29, 1.82) is 0 Å². The highest BCUT2D eigenvalue weighted by molar-refractivity contribution is 6.24. The molecule has 3 heterocycles. The summed E-state index contributed by atoms with van der Waals surface area (Å²) in [6.45, 7) is 2.28. The Hall–Kier alpha value is -3.00. The summed E-state index contributed by atoms with van der Waals surface area (Å²) in [7, 11) is 1.98. The smallest absolute Gasteiger partial charge is 0.262 e. The van der Waals surface area contributed by atoms with Gasteiger partial charge in [0.05, 0.1) is 11.1 Å². The normalized spacial score (nSPS) is 21.8. The minimum atomic E-state index is -0.941. The van der Waals surface area contributed by atoms with E-state index in [4.69, 9.17) is 0 Å². The summed E-state index contributed by atoms with van der Waals surface area (Å²) >= 11 is 0. The maximum atomic E-state index is 13.1. The Morgan fingerprint density at radius 1 is 1.10 bits per heavy atom. The van der Waals surface area contributed by atoms with Crippen molar-refractivity contribution in [1.82, 2.24) is 20.4 Å². The second-order valence-corrected chi connectivity index (χ2v) is 7.82. The van der Waals surface area contributed by atoms with Crippen LogP contribution in [0.4, 0.5) is 0 Å². The van der Waals surface area contributed by atoms with E-state index in [9.17, 15) is 19.2 Å². The maximum absolute atomic E-state index is 13.1. The van der Waals surface area contributed by atoms with Crippen LogP contribution in [0.15, 0.2) is 30.0 Å². The number of nitrogens with one attached hydrogen (secondary N) is 2. The molecule has 1 saturated heterocycles. The number of rotatable bonds is 5. The lowest BCUT2D eigenvalue weighted by molar-refractivity contribution is -0.136. The first-order valence-corrected chi connectivity index (χ1v) is 9.89. The minimum absolute atomic E-state index is 0.114. The van der Waals surface area contributed by atoms with Gasteiger partial charge >= 0.3 is 0 Å². The molecule has 8 heteroatoms. The molecule has 3 aliphatic rings. The molecule has 152 valence electrons. The number of carbonyl (C=O) groups excluding carboxylic acids is 4. The van der Waals surface area contributed by atoms with Crippen molar-refractivity contribution in [3.8, 4) is 0 Å². The van der Waals surface area contributed by atoms with E-state index in [1.165, 1.54) is 5.57 Å². The maximum Gasteiger partial charge on any atom is 0.262 e. The SMILES string of the molecule is CN(CC1=CNCCC1)Cc1cccc2c1C(=O)N(C1CCC(=O)NC1=O)C2=O. The van der Waals surface area contributed by atoms with Gasteiger partial charge in [0.15, 0.2) is 0 Å². The lowest BCUT2D eigenvalue weighted by Crippen LogP contribution is -2.54. The highest BCUT2D eigenvalue weighted by Gasteiger charge is 2.45. The molecule has 1 atom stereocenters. The van der Waals surface area contributed by atoms with Gasteiger partial charge in [0.25, 0.3) is 11.8 Å². The molecule has 2 N–H and O–H groups in total. The lowest BCUT2D eigenvalue weighted by Gasteiger charge is -2.28. The Morgan fingerprint density at radius 3 is 2.66 bits per heavy atom. The van der Waals surface area contributed by atoms with Crippen molar-refractivity contribution < 1.29 is 19.2 Å². The molecule has 0 aliphatic carbocycles. The number of imide groups is 2. The van der Waals surface area contributed by atoms with E-state index < -0.39 is 23.8 Å². The summed E-state index contributed by atoms with van der Waals surface area (Å²) < 4.78 is 0. The Labute approximate surface area is 168 Å². The van der Waals surface area contributed by atoms with Crippen LogP contribution in [-0.4, -0.2) is 59.6 Å². The lowest BCUT2D eigenvalue weighted by atomic mass is 10.0. The van der Waals surface area contributed by atoms with Gasteiger partial charge in [-0.2, -0.15) is 0 Å². The van der Waals surface area contributed by atoms with Crippen molar-refractivity contribution in [2.45, 2.75) is 38.3 Å². The molecule has 1 fully saturated rings. The molecule has 0 spiro atoms. The van der Waals surface area contributed by atoms with Gasteiger partial charge in [0.2, 0.25) is 11.8 Å². The van der Waals surface area contributed by atoms with Gasteiger partial charge in [-0.25, -0.2) is 0 Å². The molecular formula is C21H24N4O4. The summed E-state index contributed by atoms with van der Waals surface area (Å²) in [5.74, 6) is -1.90. The third kappa shape index (κ3) is 3.67. The zero-order valence-electron chi connectivity index (χ0n) is 16.4. The molecule has 0 bridgehead atoms. The van der Waals surface area contributed by atoms with Gasteiger partial charge in [-0.3, -0.25) is 34.3 Å². The topological polar surface area (TPSA) is 98.8 Å². The molecule has 0 saturated carbocycles. The zero-order valence-corrected chi connectivity index (χ0v) is 16.4. The summed E-state index contributed by atoms with van der Waals surface area (Å²) in [5.41, 5.74) is 2.76. The van der Waals surface area contributed by atoms with Crippen molar-refractivity contribution in [2.24, 2.45) is 0 Å². The van der Waals surface area contributed by atoms with Gasteiger partial charge in [0.1, 0.15) is 6.04 Å². The van der Waals surface area contributed by atoms with Gasteiger partial charge in [-0.15, -0.1) is 0 Å². The summed E-state index contributed by atoms with van der Waals surface area (Å²) in [6, 6.07) is 4.30. The average Bonchev–Trinajstić information content (AvgIpc) is 2.94. The second-order valence-electron chi connectivity index (χ2n) is 7.82. The molecule has 29 heavy (non-hydrogen) atoms. The largest absolute Gasteiger partial charge is 0.391 e. The summed E-state index contributed by atoms with van der Waals surface area (Å²) in [6.07, 6.45) is 4.48. The Balaban J connectivity index is 1.55. The Bertz CT molecular complexity index is 923. The van der Waals surface area contributed by atoms with E-state index in [0.717, 1.165) is 36.4 Å². The van der Waals surface area contributed by atoms with Crippen LogP contribution in [0.5, 0.6) is 0 Å². The number of amides is 4. The van der Waals surface area contributed by atoms with E-state index in [-0.39, 0.29) is 18.7 Å². The molecule has 3 aliphatic heterocycles. The summed E-state index contributed by atoms with van der Waals surface area (Å²) in [4.78, 5) is 52.8. The van der Waals surface area contributed by atoms with Crippen molar-refractivity contribution in [3.63, 3.8) is 0 Å². The molecular weight excluding hydrogens is 372 g/mol. The molecule has 1 aromatic rings. The van der Waals surface area contributed by atoms with E-state index in [1.807, 2.05) is 13.1 Å². The fraction of sp³-hybridized carbons (Fsp3) is 0.429. The van der Waals surface area contributed by atoms with Crippen LogP contribution in [0.1, 0.15) is 52.0 Å². The number of hydrogen-bond acceptors (Lipinski definition) is 6. The number of fused-ring (bicyclic) bond motifs is 1.